The zero-order valence-corrected chi connectivity index (χ0v) is 18.9. The molecule has 0 atom stereocenters. The molecule has 4 rings (SSSR count). The molecule has 6 nitrogen and oxygen atoms in total. The third-order valence-corrected chi connectivity index (χ3v) is 7.45. The van der Waals surface area contributed by atoms with E-state index in [4.69, 9.17) is 11.6 Å². The first-order valence-electron chi connectivity index (χ1n) is 10.2. The van der Waals surface area contributed by atoms with Crippen molar-refractivity contribution in [1.82, 2.24) is 4.72 Å². The Kier molecular flexibility index (Phi) is 5.52. The number of aliphatic hydroxyl groups is 1. The molecule has 166 valence electrons. The van der Waals surface area contributed by atoms with Gasteiger partial charge in [0.2, 0.25) is 0 Å². The van der Waals surface area contributed by atoms with E-state index in [0.29, 0.717) is 48.1 Å². The topological polar surface area (TPSA) is 95.5 Å². The molecule has 0 saturated heterocycles. The zero-order chi connectivity index (χ0) is 22.6. The highest BCUT2D eigenvalue weighted by molar-refractivity contribution is 7.90. The molecule has 0 aliphatic heterocycles. The van der Waals surface area contributed by atoms with Crippen LogP contribution >= 0.6 is 11.6 Å². The van der Waals surface area contributed by atoms with Crippen LogP contribution in [0.4, 0.5) is 14.9 Å². The van der Waals surface area contributed by atoms with Crippen molar-refractivity contribution in [2.24, 2.45) is 0 Å². The van der Waals surface area contributed by atoms with Crippen molar-refractivity contribution in [3.05, 3.63) is 56.9 Å². The van der Waals surface area contributed by atoms with Crippen molar-refractivity contribution in [2.45, 2.75) is 62.9 Å². The summed E-state index contributed by atoms with van der Waals surface area (Å²) in [5, 5.41) is 13.0. The second-order valence-electron chi connectivity index (χ2n) is 8.60. The molecule has 0 fully saturated rings. The molecule has 9 heteroatoms. The molecule has 3 N–H and O–H groups in total. The SMILES string of the molecule is CC(C)(O)c1cc(Cl)cc(S(=O)(=O)NC(=O)Nc2c3c(c(F)c4c2CCC4)CCC3)c1. The minimum Gasteiger partial charge on any atom is -0.386 e. The van der Waals surface area contributed by atoms with Crippen molar-refractivity contribution < 1.29 is 22.7 Å². The maximum Gasteiger partial charge on any atom is 0.333 e. The Morgan fingerprint density at radius 1 is 1.03 bits per heavy atom. The molecular weight excluding hydrogens is 443 g/mol. The van der Waals surface area contributed by atoms with Gasteiger partial charge in [0.1, 0.15) is 5.82 Å². The lowest BCUT2D eigenvalue weighted by Crippen LogP contribution is -2.35. The van der Waals surface area contributed by atoms with Gasteiger partial charge in [0.05, 0.1) is 10.5 Å². The first-order valence-corrected chi connectivity index (χ1v) is 12.1. The quantitative estimate of drug-likeness (QED) is 0.629. The Balaban J connectivity index is 1.63. The van der Waals surface area contributed by atoms with Gasteiger partial charge in [-0.15, -0.1) is 0 Å². The average molecular weight is 467 g/mol. The van der Waals surface area contributed by atoms with Gasteiger partial charge in [-0.2, -0.15) is 0 Å². The Labute approximate surface area is 185 Å². The van der Waals surface area contributed by atoms with E-state index in [2.05, 4.69) is 5.32 Å². The lowest BCUT2D eigenvalue weighted by Gasteiger charge is -2.20. The fourth-order valence-corrected chi connectivity index (χ4v) is 5.71. The van der Waals surface area contributed by atoms with Gasteiger partial charge in [-0.3, -0.25) is 0 Å². The molecule has 0 saturated carbocycles. The van der Waals surface area contributed by atoms with E-state index in [9.17, 15) is 22.7 Å². The van der Waals surface area contributed by atoms with Crippen LogP contribution in [0.15, 0.2) is 23.1 Å². The van der Waals surface area contributed by atoms with Crippen LogP contribution in [-0.4, -0.2) is 19.6 Å². The molecule has 0 radical (unpaired) electrons. The maximum atomic E-state index is 14.8. The number of carbonyl (C=O) groups excluding carboxylic acids is 1. The fraction of sp³-hybridized carbons (Fsp3) is 0.409. The minimum atomic E-state index is -4.25. The summed E-state index contributed by atoms with van der Waals surface area (Å²) in [5.41, 5.74) is 2.31. The summed E-state index contributed by atoms with van der Waals surface area (Å²) in [5.74, 6) is -0.170. The predicted molar refractivity (Wildman–Crippen MR) is 116 cm³/mol. The van der Waals surface area contributed by atoms with Crippen LogP contribution in [0.1, 0.15) is 54.5 Å². The molecule has 31 heavy (non-hydrogen) atoms. The lowest BCUT2D eigenvalue weighted by atomic mass is 9.98. The number of rotatable bonds is 4. The monoisotopic (exact) mass is 466 g/mol. The highest BCUT2D eigenvalue weighted by Gasteiger charge is 2.30. The van der Waals surface area contributed by atoms with E-state index in [0.717, 1.165) is 24.0 Å². The minimum absolute atomic E-state index is 0.120. The number of sulfonamides is 1. The second-order valence-corrected chi connectivity index (χ2v) is 10.7. The lowest BCUT2D eigenvalue weighted by molar-refractivity contribution is 0.0784. The summed E-state index contributed by atoms with van der Waals surface area (Å²) in [6.07, 6.45) is 4.12. The Morgan fingerprint density at radius 2 is 1.58 bits per heavy atom. The van der Waals surface area contributed by atoms with E-state index in [-0.39, 0.29) is 15.7 Å². The molecular formula is C22H24ClFN2O4S. The van der Waals surface area contributed by atoms with Gasteiger partial charge in [0, 0.05) is 10.7 Å². The van der Waals surface area contributed by atoms with Crippen LogP contribution in [0.5, 0.6) is 0 Å². The van der Waals surface area contributed by atoms with Gasteiger partial charge in [-0.1, -0.05) is 11.6 Å². The van der Waals surface area contributed by atoms with Crippen LogP contribution in [-0.2, 0) is 41.3 Å². The van der Waals surface area contributed by atoms with E-state index >= 15 is 0 Å². The number of amides is 2. The van der Waals surface area contributed by atoms with Gasteiger partial charge < -0.3 is 10.4 Å². The van der Waals surface area contributed by atoms with Crippen LogP contribution in [0.25, 0.3) is 0 Å². The van der Waals surface area contributed by atoms with Crippen molar-refractivity contribution in [2.75, 3.05) is 5.32 Å². The Bertz CT molecular complexity index is 1150. The van der Waals surface area contributed by atoms with Crippen molar-refractivity contribution >= 4 is 33.3 Å². The summed E-state index contributed by atoms with van der Waals surface area (Å²) in [7, 11) is -4.25. The summed E-state index contributed by atoms with van der Waals surface area (Å²) >= 11 is 6.03. The summed E-state index contributed by atoms with van der Waals surface area (Å²) in [6, 6.07) is 3.03. The molecule has 0 heterocycles. The number of carbonyl (C=O) groups is 1. The van der Waals surface area contributed by atoms with E-state index < -0.39 is 21.7 Å². The number of halogens is 2. The molecule has 2 amide bonds. The van der Waals surface area contributed by atoms with Gasteiger partial charge in [-0.25, -0.2) is 22.3 Å². The normalized spacial score (nSPS) is 15.5. The summed E-state index contributed by atoms with van der Waals surface area (Å²) in [6.45, 7) is 3.01. The fourth-order valence-electron chi connectivity index (χ4n) is 4.43. The Hall–Kier alpha value is -2.16. The summed E-state index contributed by atoms with van der Waals surface area (Å²) < 4.78 is 42.4. The van der Waals surface area contributed by atoms with Crippen molar-refractivity contribution in [1.29, 1.82) is 0 Å². The summed E-state index contributed by atoms with van der Waals surface area (Å²) in [4.78, 5) is 12.4. The Morgan fingerprint density at radius 3 is 2.13 bits per heavy atom. The number of fused-ring (bicyclic) bond motifs is 2. The number of benzene rings is 2. The third kappa shape index (κ3) is 4.16. The van der Waals surface area contributed by atoms with Crippen LogP contribution < -0.4 is 10.0 Å². The first-order chi connectivity index (χ1) is 14.5. The van der Waals surface area contributed by atoms with Crippen LogP contribution in [0, 0.1) is 5.82 Å². The van der Waals surface area contributed by atoms with E-state index in [1.807, 2.05) is 4.72 Å². The van der Waals surface area contributed by atoms with E-state index in [1.54, 1.807) is 0 Å². The highest BCUT2D eigenvalue weighted by atomic mass is 35.5. The number of anilines is 1. The zero-order valence-electron chi connectivity index (χ0n) is 17.3. The highest BCUT2D eigenvalue weighted by Crippen LogP contribution is 2.41. The molecule has 2 aromatic rings. The van der Waals surface area contributed by atoms with Crippen LogP contribution in [0.2, 0.25) is 5.02 Å². The average Bonchev–Trinajstić information content (AvgIpc) is 3.33. The van der Waals surface area contributed by atoms with E-state index in [1.165, 1.54) is 32.0 Å². The van der Waals surface area contributed by atoms with Gasteiger partial charge in [0.15, 0.2) is 0 Å². The smallest absolute Gasteiger partial charge is 0.333 e. The maximum absolute atomic E-state index is 14.8. The molecule has 2 aliphatic carbocycles. The molecule has 0 bridgehead atoms. The van der Waals surface area contributed by atoms with Crippen molar-refractivity contribution in [3.8, 4) is 0 Å². The number of hydrogen-bond donors (Lipinski definition) is 3. The van der Waals surface area contributed by atoms with Crippen molar-refractivity contribution in [3.63, 3.8) is 0 Å². The second kappa shape index (κ2) is 7.76. The molecule has 2 aromatic carbocycles. The third-order valence-electron chi connectivity index (χ3n) is 5.92. The van der Waals surface area contributed by atoms with Gasteiger partial charge in [-0.05, 0) is 98.4 Å². The van der Waals surface area contributed by atoms with Gasteiger partial charge in [0.25, 0.3) is 10.0 Å². The van der Waals surface area contributed by atoms with Gasteiger partial charge >= 0.3 is 6.03 Å². The first kappa shape index (κ1) is 22.0. The van der Waals surface area contributed by atoms with Crippen LogP contribution in [0.3, 0.4) is 0 Å². The number of hydrogen-bond acceptors (Lipinski definition) is 4. The standard InChI is InChI=1S/C22H24ClFN2O4S/c1-22(2,28)12-9-13(23)11-14(10-12)31(29,30)26-21(27)25-20-17-7-3-5-15(17)19(24)16-6-4-8-18(16)20/h9-11,28H,3-8H2,1-2H3,(H2,25,26,27). The molecule has 2 aliphatic rings. The molecule has 0 spiro atoms. The largest absolute Gasteiger partial charge is 0.386 e. The predicted octanol–water partition coefficient (Wildman–Crippen LogP) is 4.19. The number of nitrogens with one attached hydrogen (secondary N) is 2. The molecule has 0 aromatic heterocycles. The molecule has 0 unspecified atom stereocenters. The number of urea groups is 1.